The van der Waals surface area contributed by atoms with Gasteiger partial charge in [0.25, 0.3) is 0 Å². The molecular weight excluding hydrogens is 302 g/mol. The third kappa shape index (κ3) is 3.06. The first-order valence-corrected chi connectivity index (χ1v) is 7.92. The van der Waals surface area contributed by atoms with Crippen molar-refractivity contribution in [3.8, 4) is 0 Å². The number of halogens is 4. The van der Waals surface area contributed by atoms with Gasteiger partial charge in [-0.15, -0.1) is 46.4 Å². The molecule has 88 valence electrons. The van der Waals surface area contributed by atoms with E-state index in [4.69, 9.17) is 46.4 Å². The Bertz CT molecular complexity index is 346. The van der Waals surface area contributed by atoms with E-state index >= 15 is 0 Å². The van der Waals surface area contributed by atoms with Crippen LogP contribution < -0.4 is 0 Å². The van der Waals surface area contributed by atoms with Crippen LogP contribution in [0.5, 0.6) is 0 Å². The molecule has 2 atom stereocenters. The lowest BCUT2D eigenvalue weighted by molar-refractivity contribution is 0.588. The summed E-state index contributed by atoms with van der Waals surface area (Å²) in [5.41, 5.74) is 0. The summed E-state index contributed by atoms with van der Waals surface area (Å²) in [6.45, 7) is 0. The normalized spacial score (nSPS) is 36.3. The SMILES string of the molecule is O=S(=O)(C[C@H]1CC1(Cl)Cl)C[C@H]1CC1(Cl)Cl. The smallest absolute Gasteiger partial charge is 0.151 e. The van der Waals surface area contributed by atoms with Crippen molar-refractivity contribution >= 4 is 56.2 Å². The van der Waals surface area contributed by atoms with E-state index in [2.05, 4.69) is 0 Å². The summed E-state index contributed by atoms with van der Waals surface area (Å²) in [5.74, 6) is -0.185. The predicted octanol–water partition coefficient (Wildman–Crippen LogP) is 2.79. The maximum Gasteiger partial charge on any atom is 0.151 e. The van der Waals surface area contributed by atoms with Crippen LogP contribution in [0.15, 0.2) is 0 Å². The molecule has 0 saturated heterocycles. The van der Waals surface area contributed by atoms with Gasteiger partial charge >= 0.3 is 0 Å². The zero-order valence-corrected chi connectivity index (χ0v) is 11.6. The highest BCUT2D eigenvalue weighted by Gasteiger charge is 2.56. The van der Waals surface area contributed by atoms with Gasteiger partial charge in [-0.1, -0.05) is 0 Å². The standard InChI is InChI=1S/C8H10Cl4O2S/c9-7(10)1-5(7)3-15(13,14)4-6-2-8(6,11)12/h5-6H,1-4H2/t5-,6-/m1/s1. The number of hydrogen-bond acceptors (Lipinski definition) is 2. The third-order valence-corrected chi connectivity index (χ3v) is 6.49. The molecule has 0 spiro atoms. The Kier molecular flexibility index (Phi) is 2.97. The first kappa shape index (κ1) is 12.6. The minimum atomic E-state index is -3.13. The lowest BCUT2D eigenvalue weighted by atomic mass is 10.5. The van der Waals surface area contributed by atoms with Crippen LogP contribution >= 0.6 is 46.4 Å². The van der Waals surface area contributed by atoms with Crippen molar-refractivity contribution in [2.75, 3.05) is 11.5 Å². The highest BCUT2D eigenvalue weighted by molar-refractivity contribution is 7.91. The number of hydrogen-bond donors (Lipinski definition) is 0. The Labute approximate surface area is 109 Å². The Morgan fingerprint density at radius 1 is 0.933 bits per heavy atom. The molecule has 0 aromatic rings. The van der Waals surface area contributed by atoms with Crippen molar-refractivity contribution < 1.29 is 8.42 Å². The molecule has 7 heteroatoms. The number of sulfone groups is 1. The minimum absolute atomic E-state index is 0.0420. The molecule has 0 bridgehead atoms. The molecule has 15 heavy (non-hydrogen) atoms. The molecule has 2 nitrogen and oxygen atoms in total. The Morgan fingerprint density at radius 3 is 1.40 bits per heavy atom. The quantitative estimate of drug-likeness (QED) is 0.748. The molecule has 0 aromatic heterocycles. The minimum Gasteiger partial charge on any atom is -0.229 e. The highest BCUT2D eigenvalue weighted by atomic mass is 35.5. The fraction of sp³-hybridized carbons (Fsp3) is 1.00. The highest BCUT2D eigenvalue weighted by Crippen LogP contribution is 2.56. The summed E-state index contributed by atoms with van der Waals surface area (Å²) < 4.78 is 21.7. The van der Waals surface area contributed by atoms with Crippen LogP contribution in [0.1, 0.15) is 12.8 Å². The van der Waals surface area contributed by atoms with Gasteiger partial charge in [0.05, 0.1) is 11.5 Å². The van der Waals surface area contributed by atoms with Gasteiger partial charge in [0.15, 0.2) is 9.84 Å². The molecule has 2 aliphatic carbocycles. The van der Waals surface area contributed by atoms with E-state index in [1.807, 2.05) is 0 Å². The molecule has 0 heterocycles. The van der Waals surface area contributed by atoms with E-state index in [-0.39, 0.29) is 23.3 Å². The second-order valence-electron chi connectivity index (χ2n) is 4.40. The predicted molar refractivity (Wildman–Crippen MR) is 63.7 cm³/mol. The fourth-order valence-electron chi connectivity index (χ4n) is 1.58. The van der Waals surface area contributed by atoms with Crippen LogP contribution in [0.25, 0.3) is 0 Å². The zero-order valence-electron chi connectivity index (χ0n) is 7.72. The second-order valence-corrected chi connectivity index (χ2v) is 9.64. The van der Waals surface area contributed by atoms with Gasteiger partial charge in [-0.25, -0.2) is 8.42 Å². The van der Waals surface area contributed by atoms with E-state index in [1.165, 1.54) is 0 Å². The van der Waals surface area contributed by atoms with Gasteiger partial charge in [0.1, 0.15) is 8.67 Å². The van der Waals surface area contributed by atoms with Crippen molar-refractivity contribution in [3.05, 3.63) is 0 Å². The maximum absolute atomic E-state index is 11.7. The molecule has 0 radical (unpaired) electrons. The monoisotopic (exact) mass is 310 g/mol. The molecule has 0 aliphatic heterocycles. The molecule has 0 unspecified atom stereocenters. The van der Waals surface area contributed by atoms with Crippen molar-refractivity contribution in [1.29, 1.82) is 0 Å². The number of alkyl halides is 4. The van der Waals surface area contributed by atoms with E-state index in [1.54, 1.807) is 0 Å². The summed E-state index contributed by atoms with van der Waals surface area (Å²) in [6.07, 6.45) is 1.10. The molecular formula is C8H10Cl4O2S. The van der Waals surface area contributed by atoms with Gasteiger partial charge < -0.3 is 0 Å². The van der Waals surface area contributed by atoms with E-state index in [9.17, 15) is 8.42 Å². The molecule has 0 amide bonds. The second kappa shape index (κ2) is 3.55. The van der Waals surface area contributed by atoms with E-state index in [0.717, 1.165) is 0 Å². The zero-order chi connectivity index (χ0) is 11.5. The summed E-state index contributed by atoms with van der Waals surface area (Å²) in [5, 5.41) is 0. The average molecular weight is 312 g/mol. The maximum atomic E-state index is 11.7. The summed E-state index contributed by atoms with van der Waals surface area (Å²) >= 11 is 23.1. The topological polar surface area (TPSA) is 34.1 Å². The van der Waals surface area contributed by atoms with Crippen LogP contribution in [0.3, 0.4) is 0 Å². The summed E-state index contributed by atoms with van der Waals surface area (Å²) in [6, 6.07) is 0. The lowest BCUT2D eigenvalue weighted by Crippen LogP contribution is -2.17. The average Bonchev–Trinajstić information content (AvgIpc) is 2.72. The van der Waals surface area contributed by atoms with Crippen molar-refractivity contribution in [1.82, 2.24) is 0 Å². The summed E-state index contributed by atoms with van der Waals surface area (Å²) in [7, 11) is -3.13. The molecule has 0 N–H and O–H groups in total. The molecule has 0 aromatic carbocycles. The number of rotatable bonds is 4. The fourth-order valence-corrected chi connectivity index (χ4v) is 5.17. The van der Waals surface area contributed by atoms with Gasteiger partial charge in [-0.3, -0.25) is 0 Å². The van der Waals surface area contributed by atoms with Gasteiger partial charge in [-0.05, 0) is 12.8 Å². The van der Waals surface area contributed by atoms with Crippen LogP contribution in [-0.2, 0) is 9.84 Å². The van der Waals surface area contributed by atoms with E-state index < -0.39 is 18.5 Å². The van der Waals surface area contributed by atoms with E-state index in [0.29, 0.717) is 12.8 Å². The Morgan fingerprint density at radius 2 is 1.20 bits per heavy atom. The van der Waals surface area contributed by atoms with Crippen LogP contribution in [-0.4, -0.2) is 28.6 Å². The molecule has 2 saturated carbocycles. The van der Waals surface area contributed by atoms with Crippen molar-refractivity contribution in [2.24, 2.45) is 11.8 Å². The molecule has 2 fully saturated rings. The van der Waals surface area contributed by atoms with Gasteiger partial charge in [0, 0.05) is 11.8 Å². The Hall–Kier alpha value is 1.11. The van der Waals surface area contributed by atoms with Crippen molar-refractivity contribution in [3.63, 3.8) is 0 Å². The molecule has 2 rings (SSSR count). The van der Waals surface area contributed by atoms with Crippen LogP contribution in [0.2, 0.25) is 0 Å². The van der Waals surface area contributed by atoms with Crippen LogP contribution in [0.4, 0.5) is 0 Å². The van der Waals surface area contributed by atoms with Gasteiger partial charge in [0.2, 0.25) is 0 Å². The van der Waals surface area contributed by atoms with Gasteiger partial charge in [-0.2, -0.15) is 0 Å². The first-order valence-electron chi connectivity index (χ1n) is 4.58. The largest absolute Gasteiger partial charge is 0.229 e. The Balaban J connectivity index is 1.87. The van der Waals surface area contributed by atoms with Crippen molar-refractivity contribution in [2.45, 2.75) is 21.5 Å². The first-order chi connectivity index (χ1) is 6.62. The van der Waals surface area contributed by atoms with Crippen LogP contribution in [0, 0.1) is 11.8 Å². The lowest BCUT2D eigenvalue weighted by Gasteiger charge is -2.04. The molecule has 2 aliphatic rings. The third-order valence-electron chi connectivity index (χ3n) is 2.82. The summed E-state index contributed by atoms with van der Waals surface area (Å²) in [4.78, 5) is 0.